The molecule has 4 rings (SSSR count). The van der Waals surface area contributed by atoms with Gasteiger partial charge in [0.2, 0.25) is 11.9 Å². The number of carbonyl (C=O) groups excluding carboxylic acids is 2. The highest BCUT2D eigenvalue weighted by molar-refractivity contribution is 8.00. The molecule has 3 aromatic rings. The number of rotatable bonds is 9. The predicted molar refractivity (Wildman–Crippen MR) is 129 cm³/mol. The number of nitrogens with zero attached hydrogens (tertiary/aromatic N) is 4. The van der Waals surface area contributed by atoms with Crippen LogP contribution in [-0.2, 0) is 11.3 Å². The summed E-state index contributed by atoms with van der Waals surface area (Å²) in [5.41, 5.74) is 1.27. The van der Waals surface area contributed by atoms with Crippen molar-refractivity contribution < 1.29 is 14.0 Å². The first-order valence-electron chi connectivity index (χ1n) is 11.2. The third-order valence-electron chi connectivity index (χ3n) is 5.59. The standard InChI is InChI=1S/C24H29N5O3S/c1-16(2)22(31)25-19-10-8-18(9-11-19)21(30)17(3)33-24-27-26-23(28-12-4-5-13-28)29(24)15-20-7-6-14-32-20/h6-11,14,16-17H,4-5,12-13,15H2,1-3H3,(H,25,31)/t17-/m1/s1. The molecule has 1 N–H and O–H groups in total. The summed E-state index contributed by atoms with van der Waals surface area (Å²) >= 11 is 1.40. The van der Waals surface area contributed by atoms with Crippen molar-refractivity contribution in [1.82, 2.24) is 14.8 Å². The highest BCUT2D eigenvalue weighted by Gasteiger charge is 2.25. The van der Waals surface area contributed by atoms with Gasteiger partial charge < -0.3 is 14.6 Å². The second-order valence-electron chi connectivity index (χ2n) is 8.49. The van der Waals surface area contributed by atoms with E-state index in [0.29, 0.717) is 23.0 Å². The van der Waals surface area contributed by atoms with Gasteiger partial charge in [0, 0.05) is 30.3 Å². The van der Waals surface area contributed by atoms with E-state index in [9.17, 15) is 9.59 Å². The molecule has 0 radical (unpaired) electrons. The molecular formula is C24H29N5O3S. The Hall–Kier alpha value is -3.07. The number of thioether (sulfide) groups is 1. The number of hydrogen-bond acceptors (Lipinski definition) is 7. The van der Waals surface area contributed by atoms with E-state index < -0.39 is 0 Å². The van der Waals surface area contributed by atoms with E-state index in [4.69, 9.17) is 4.42 Å². The molecule has 8 nitrogen and oxygen atoms in total. The first kappa shape index (κ1) is 23.1. The Labute approximate surface area is 197 Å². The van der Waals surface area contributed by atoms with Crippen molar-refractivity contribution in [3.05, 3.63) is 54.0 Å². The van der Waals surface area contributed by atoms with Gasteiger partial charge in [-0.1, -0.05) is 25.6 Å². The molecule has 1 aromatic carbocycles. The third-order valence-corrected chi connectivity index (χ3v) is 6.67. The fraction of sp³-hybridized carbons (Fsp3) is 0.417. The van der Waals surface area contributed by atoms with Crippen LogP contribution in [0.2, 0.25) is 0 Å². The van der Waals surface area contributed by atoms with Crippen LogP contribution in [0.3, 0.4) is 0 Å². The van der Waals surface area contributed by atoms with Gasteiger partial charge in [0.25, 0.3) is 0 Å². The van der Waals surface area contributed by atoms with Crippen LogP contribution >= 0.6 is 11.8 Å². The molecule has 0 saturated carbocycles. The number of amides is 1. The molecular weight excluding hydrogens is 438 g/mol. The number of benzene rings is 1. The monoisotopic (exact) mass is 467 g/mol. The van der Waals surface area contributed by atoms with Crippen molar-refractivity contribution in [2.24, 2.45) is 5.92 Å². The van der Waals surface area contributed by atoms with Crippen LogP contribution in [-0.4, -0.2) is 44.8 Å². The van der Waals surface area contributed by atoms with Crippen molar-refractivity contribution in [3.8, 4) is 0 Å². The largest absolute Gasteiger partial charge is 0.467 e. The fourth-order valence-corrected chi connectivity index (χ4v) is 4.59. The maximum Gasteiger partial charge on any atom is 0.228 e. The van der Waals surface area contributed by atoms with Gasteiger partial charge in [0.05, 0.1) is 18.1 Å². The molecule has 3 heterocycles. The van der Waals surface area contributed by atoms with Gasteiger partial charge in [-0.3, -0.25) is 14.2 Å². The Morgan fingerprint density at radius 3 is 2.45 bits per heavy atom. The first-order chi connectivity index (χ1) is 15.9. The van der Waals surface area contributed by atoms with E-state index >= 15 is 0 Å². The molecule has 0 spiro atoms. The molecule has 0 bridgehead atoms. The number of nitrogens with one attached hydrogen (secondary N) is 1. The average molecular weight is 468 g/mol. The summed E-state index contributed by atoms with van der Waals surface area (Å²) in [4.78, 5) is 27.2. The topological polar surface area (TPSA) is 93.3 Å². The van der Waals surface area contributed by atoms with Crippen LogP contribution in [0.25, 0.3) is 0 Å². The van der Waals surface area contributed by atoms with Crippen molar-refractivity contribution in [2.45, 2.75) is 50.6 Å². The van der Waals surface area contributed by atoms with E-state index in [1.807, 2.05) is 37.5 Å². The molecule has 1 fully saturated rings. The first-order valence-corrected chi connectivity index (χ1v) is 12.1. The summed E-state index contributed by atoms with van der Waals surface area (Å²) < 4.78 is 7.58. The van der Waals surface area contributed by atoms with Gasteiger partial charge in [0.1, 0.15) is 5.76 Å². The fourth-order valence-electron chi connectivity index (χ4n) is 3.67. The van der Waals surface area contributed by atoms with Gasteiger partial charge in [-0.25, -0.2) is 0 Å². The average Bonchev–Trinajstić information content (AvgIpc) is 3.57. The smallest absolute Gasteiger partial charge is 0.228 e. The molecule has 0 unspecified atom stereocenters. The minimum absolute atomic E-state index is 0.00277. The Balaban J connectivity index is 1.48. The van der Waals surface area contributed by atoms with Crippen LogP contribution < -0.4 is 10.2 Å². The summed E-state index contributed by atoms with van der Waals surface area (Å²) in [6, 6.07) is 10.8. The van der Waals surface area contributed by atoms with Gasteiger partial charge in [-0.2, -0.15) is 0 Å². The van der Waals surface area contributed by atoms with Gasteiger partial charge >= 0.3 is 0 Å². The van der Waals surface area contributed by atoms with E-state index in [1.165, 1.54) is 11.8 Å². The summed E-state index contributed by atoms with van der Waals surface area (Å²) in [6.45, 7) is 7.98. The number of Topliss-reactive ketones (excluding diaryl/α,β-unsaturated/α-hetero) is 1. The van der Waals surface area contributed by atoms with Crippen molar-refractivity contribution in [3.63, 3.8) is 0 Å². The summed E-state index contributed by atoms with van der Waals surface area (Å²) in [5.74, 6) is 1.47. The number of furan rings is 1. The summed E-state index contributed by atoms with van der Waals surface area (Å²) in [7, 11) is 0. The highest BCUT2D eigenvalue weighted by atomic mass is 32.2. The quantitative estimate of drug-likeness (QED) is 0.366. The number of carbonyl (C=O) groups is 2. The molecule has 9 heteroatoms. The van der Waals surface area contributed by atoms with E-state index in [1.54, 1.807) is 30.5 Å². The van der Waals surface area contributed by atoms with Crippen LogP contribution in [0.4, 0.5) is 11.6 Å². The Kier molecular flexibility index (Phi) is 7.17. The third kappa shape index (κ3) is 5.47. The molecule has 1 aliphatic rings. The zero-order valence-electron chi connectivity index (χ0n) is 19.2. The zero-order chi connectivity index (χ0) is 23.4. The maximum atomic E-state index is 13.1. The van der Waals surface area contributed by atoms with Crippen LogP contribution in [0.1, 0.15) is 49.7 Å². The molecule has 1 aliphatic heterocycles. The molecule has 0 aliphatic carbocycles. The Morgan fingerprint density at radius 2 is 1.82 bits per heavy atom. The maximum absolute atomic E-state index is 13.1. The lowest BCUT2D eigenvalue weighted by Gasteiger charge is -2.18. The molecule has 1 amide bonds. The number of hydrogen-bond donors (Lipinski definition) is 1. The number of anilines is 2. The van der Waals surface area contributed by atoms with Gasteiger partial charge in [0.15, 0.2) is 10.9 Å². The van der Waals surface area contributed by atoms with Crippen LogP contribution in [0, 0.1) is 5.92 Å². The van der Waals surface area contributed by atoms with Gasteiger partial charge in [-0.05, 0) is 56.2 Å². The second kappa shape index (κ2) is 10.2. The number of ketones is 1. The minimum atomic E-state index is -0.355. The predicted octanol–water partition coefficient (Wildman–Crippen LogP) is 4.48. The molecule has 174 valence electrons. The Bertz CT molecular complexity index is 1090. The van der Waals surface area contributed by atoms with E-state index in [2.05, 4.69) is 20.4 Å². The lowest BCUT2D eigenvalue weighted by atomic mass is 10.1. The molecule has 1 saturated heterocycles. The molecule has 2 aromatic heterocycles. The van der Waals surface area contributed by atoms with Crippen molar-refractivity contribution in [2.75, 3.05) is 23.3 Å². The normalized spacial score (nSPS) is 14.6. The van der Waals surface area contributed by atoms with Crippen LogP contribution in [0.5, 0.6) is 0 Å². The second-order valence-corrected chi connectivity index (χ2v) is 9.80. The van der Waals surface area contributed by atoms with Crippen molar-refractivity contribution in [1.29, 1.82) is 0 Å². The Morgan fingerprint density at radius 1 is 1.09 bits per heavy atom. The van der Waals surface area contributed by atoms with E-state index in [-0.39, 0.29) is 22.9 Å². The number of aromatic nitrogens is 3. The SMILES string of the molecule is CC(C)C(=O)Nc1ccc(C(=O)[C@@H](C)Sc2nnc(N3CCCC3)n2Cc2ccco2)cc1. The van der Waals surface area contributed by atoms with Crippen LogP contribution in [0.15, 0.2) is 52.2 Å². The molecule has 1 atom stereocenters. The zero-order valence-corrected chi connectivity index (χ0v) is 20.0. The highest BCUT2D eigenvalue weighted by Crippen LogP contribution is 2.30. The lowest BCUT2D eigenvalue weighted by molar-refractivity contribution is -0.118. The van der Waals surface area contributed by atoms with E-state index in [0.717, 1.165) is 37.6 Å². The summed E-state index contributed by atoms with van der Waals surface area (Å²) in [6.07, 6.45) is 3.93. The molecule has 33 heavy (non-hydrogen) atoms. The lowest BCUT2D eigenvalue weighted by Crippen LogP contribution is -2.23. The summed E-state index contributed by atoms with van der Waals surface area (Å²) in [5, 5.41) is 12.0. The van der Waals surface area contributed by atoms with Gasteiger partial charge in [-0.15, -0.1) is 10.2 Å². The minimum Gasteiger partial charge on any atom is -0.467 e. The van der Waals surface area contributed by atoms with Crippen molar-refractivity contribution >= 4 is 35.1 Å².